The third-order valence-electron chi connectivity index (χ3n) is 2.98. The van der Waals surface area contributed by atoms with Crippen LogP contribution in [0.1, 0.15) is 38.6 Å². The smallest absolute Gasteiger partial charge is 0.246 e. The number of hydrogen-bond acceptors (Lipinski definition) is 4. The van der Waals surface area contributed by atoms with E-state index >= 15 is 0 Å². The predicted octanol–water partition coefficient (Wildman–Crippen LogP) is 1.25. The molecule has 0 bridgehead atoms. The maximum atomic E-state index is 12.6. The van der Waals surface area contributed by atoms with E-state index in [2.05, 4.69) is 22.4 Å². The number of nitrogens with one attached hydrogen (secondary N) is 2. The molecule has 0 aliphatic carbocycles. The van der Waals surface area contributed by atoms with Crippen LogP contribution < -0.4 is 5.32 Å². The number of nitrogens with zero attached hydrogens (tertiary/aromatic N) is 2. The van der Waals surface area contributed by atoms with Gasteiger partial charge >= 0.3 is 0 Å². The lowest BCUT2D eigenvalue weighted by molar-refractivity contribution is 0.444. The highest BCUT2D eigenvalue weighted by Crippen LogP contribution is 2.21. The van der Waals surface area contributed by atoms with E-state index in [1.165, 1.54) is 4.31 Å². The van der Waals surface area contributed by atoms with Crippen LogP contribution in [-0.4, -0.2) is 42.6 Å². The molecule has 1 heterocycles. The van der Waals surface area contributed by atoms with Crippen LogP contribution in [0.25, 0.3) is 0 Å². The van der Waals surface area contributed by atoms with E-state index in [0.29, 0.717) is 35.9 Å². The summed E-state index contributed by atoms with van der Waals surface area (Å²) in [7, 11) is -3.46. The Morgan fingerprint density at radius 2 is 1.89 bits per heavy atom. The largest absolute Gasteiger partial charge is 0.311 e. The van der Waals surface area contributed by atoms with Crippen LogP contribution in [0.4, 0.5) is 0 Å². The average Bonchev–Trinajstić information content (AvgIpc) is 2.73. The molecule has 1 rings (SSSR count). The molecule has 0 amide bonds. The third-order valence-corrected chi connectivity index (χ3v) is 5.24. The Bertz CT molecular complexity index is 492. The maximum Gasteiger partial charge on any atom is 0.246 e. The van der Waals surface area contributed by atoms with Crippen LogP contribution in [-0.2, 0) is 16.6 Å². The molecule has 0 saturated carbocycles. The molecule has 0 unspecified atom stereocenters. The van der Waals surface area contributed by atoms with Gasteiger partial charge in [0.15, 0.2) is 0 Å². The quantitative estimate of drug-likeness (QED) is 0.706. The molecule has 0 spiro atoms. The summed E-state index contributed by atoms with van der Waals surface area (Å²) in [5.74, 6) is 0. The van der Waals surface area contributed by atoms with Gasteiger partial charge in [0.2, 0.25) is 10.0 Å². The van der Waals surface area contributed by atoms with Crippen LogP contribution in [0.5, 0.6) is 0 Å². The predicted molar refractivity (Wildman–Crippen MR) is 75.4 cm³/mol. The van der Waals surface area contributed by atoms with E-state index in [1.807, 2.05) is 13.8 Å². The number of H-pyrrole nitrogens is 1. The van der Waals surface area contributed by atoms with Crippen molar-refractivity contribution in [3.05, 3.63) is 11.4 Å². The van der Waals surface area contributed by atoms with E-state index in [0.717, 1.165) is 13.0 Å². The van der Waals surface area contributed by atoms with Crippen molar-refractivity contribution in [3.8, 4) is 0 Å². The maximum absolute atomic E-state index is 12.6. The number of aromatic amines is 1. The number of hydrogen-bond donors (Lipinski definition) is 2. The third kappa shape index (κ3) is 3.55. The number of aryl methyl sites for hydroxylation is 1. The van der Waals surface area contributed by atoms with Crippen LogP contribution in [0, 0.1) is 6.92 Å². The van der Waals surface area contributed by atoms with Gasteiger partial charge in [0, 0.05) is 19.6 Å². The van der Waals surface area contributed by atoms with Crippen molar-refractivity contribution in [2.24, 2.45) is 0 Å². The van der Waals surface area contributed by atoms with Crippen molar-refractivity contribution in [2.75, 3.05) is 19.6 Å². The second-order valence-electron chi connectivity index (χ2n) is 4.39. The zero-order chi connectivity index (χ0) is 14.5. The van der Waals surface area contributed by atoms with Gasteiger partial charge in [-0.15, -0.1) is 0 Å². The van der Waals surface area contributed by atoms with Gasteiger partial charge in [0.25, 0.3) is 0 Å². The van der Waals surface area contributed by atoms with Gasteiger partial charge in [-0.05, 0) is 19.9 Å². The SMILES string of the molecule is CCCNCc1n[nH]c(C)c1S(=O)(=O)N(CC)CC. The number of sulfonamides is 1. The molecule has 0 saturated heterocycles. The second kappa shape index (κ2) is 7.02. The van der Waals surface area contributed by atoms with Gasteiger partial charge in [-0.2, -0.15) is 9.40 Å². The van der Waals surface area contributed by atoms with Gasteiger partial charge < -0.3 is 5.32 Å². The van der Waals surface area contributed by atoms with E-state index in [9.17, 15) is 8.42 Å². The molecule has 0 aromatic carbocycles. The van der Waals surface area contributed by atoms with E-state index in [-0.39, 0.29) is 0 Å². The molecule has 0 aliphatic heterocycles. The summed E-state index contributed by atoms with van der Waals surface area (Å²) in [6.07, 6.45) is 1.00. The molecule has 1 aromatic rings. The van der Waals surface area contributed by atoms with Crippen molar-refractivity contribution in [2.45, 2.75) is 45.6 Å². The summed E-state index contributed by atoms with van der Waals surface area (Å²) in [6.45, 7) is 9.72. The Labute approximate surface area is 115 Å². The van der Waals surface area contributed by atoms with Crippen LogP contribution in [0.2, 0.25) is 0 Å². The first-order chi connectivity index (χ1) is 8.98. The summed E-state index contributed by atoms with van der Waals surface area (Å²) in [4.78, 5) is 0.319. The lowest BCUT2D eigenvalue weighted by atomic mass is 10.3. The molecule has 0 radical (unpaired) electrons. The van der Waals surface area contributed by atoms with E-state index in [1.54, 1.807) is 6.92 Å². The fraction of sp³-hybridized carbons (Fsp3) is 0.750. The highest BCUT2D eigenvalue weighted by atomic mass is 32.2. The highest BCUT2D eigenvalue weighted by molar-refractivity contribution is 7.89. The summed E-state index contributed by atoms with van der Waals surface area (Å²) >= 11 is 0. The molecule has 7 heteroatoms. The molecular weight excluding hydrogens is 264 g/mol. The highest BCUT2D eigenvalue weighted by Gasteiger charge is 2.28. The molecular formula is C12H24N4O2S. The van der Waals surface area contributed by atoms with Crippen molar-refractivity contribution < 1.29 is 8.42 Å². The van der Waals surface area contributed by atoms with Crippen molar-refractivity contribution in [3.63, 3.8) is 0 Å². The zero-order valence-corrected chi connectivity index (χ0v) is 13.0. The summed E-state index contributed by atoms with van der Waals surface area (Å²) in [6, 6.07) is 0. The van der Waals surface area contributed by atoms with Crippen LogP contribution in [0.15, 0.2) is 4.90 Å². The van der Waals surface area contributed by atoms with Crippen LogP contribution >= 0.6 is 0 Å². The molecule has 0 fully saturated rings. The fourth-order valence-corrected chi connectivity index (χ4v) is 3.79. The van der Waals surface area contributed by atoms with Crippen molar-refractivity contribution >= 4 is 10.0 Å². The van der Waals surface area contributed by atoms with Crippen LogP contribution in [0.3, 0.4) is 0 Å². The standard InChI is InChI=1S/C12H24N4O2S/c1-5-8-13-9-11-12(10(4)14-15-11)19(17,18)16(6-2)7-3/h13H,5-9H2,1-4H3,(H,14,15). The van der Waals surface area contributed by atoms with Gasteiger partial charge in [-0.3, -0.25) is 5.10 Å². The first-order valence-electron chi connectivity index (χ1n) is 6.73. The van der Waals surface area contributed by atoms with Gasteiger partial charge in [0.1, 0.15) is 4.90 Å². The Morgan fingerprint density at radius 1 is 1.26 bits per heavy atom. The molecule has 2 N–H and O–H groups in total. The van der Waals surface area contributed by atoms with Gasteiger partial charge in [-0.1, -0.05) is 20.8 Å². The lowest BCUT2D eigenvalue weighted by Crippen LogP contribution is -2.32. The first-order valence-corrected chi connectivity index (χ1v) is 8.17. The lowest BCUT2D eigenvalue weighted by Gasteiger charge is -2.18. The normalized spacial score (nSPS) is 12.3. The fourth-order valence-electron chi connectivity index (χ4n) is 2.01. The van der Waals surface area contributed by atoms with E-state index < -0.39 is 10.0 Å². The average molecular weight is 288 g/mol. The van der Waals surface area contributed by atoms with Crippen molar-refractivity contribution in [1.82, 2.24) is 19.8 Å². The Kier molecular flexibility index (Phi) is 5.96. The number of aromatic nitrogens is 2. The topological polar surface area (TPSA) is 78.1 Å². The Balaban J connectivity index is 3.08. The second-order valence-corrected chi connectivity index (χ2v) is 6.27. The Hall–Kier alpha value is -0.920. The molecule has 0 atom stereocenters. The summed E-state index contributed by atoms with van der Waals surface area (Å²) in [5, 5.41) is 10.1. The Morgan fingerprint density at radius 3 is 2.42 bits per heavy atom. The molecule has 19 heavy (non-hydrogen) atoms. The minimum atomic E-state index is -3.46. The molecule has 6 nitrogen and oxygen atoms in total. The van der Waals surface area contributed by atoms with Gasteiger partial charge in [-0.25, -0.2) is 8.42 Å². The number of rotatable bonds is 8. The zero-order valence-electron chi connectivity index (χ0n) is 12.2. The molecule has 110 valence electrons. The monoisotopic (exact) mass is 288 g/mol. The first kappa shape index (κ1) is 16.1. The minimum Gasteiger partial charge on any atom is -0.311 e. The van der Waals surface area contributed by atoms with Gasteiger partial charge in [0.05, 0.1) is 11.4 Å². The summed E-state index contributed by atoms with van der Waals surface area (Å²) < 4.78 is 26.6. The molecule has 1 aromatic heterocycles. The minimum absolute atomic E-state index is 0.319. The van der Waals surface area contributed by atoms with Crippen molar-refractivity contribution in [1.29, 1.82) is 0 Å². The summed E-state index contributed by atoms with van der Waals surface area (Å²) in [5.41, 5.74) is 1.16. The molecule has 0 aliphatic rings. The van der Waals surface area contributed by atoms with E-state index in [4.69, 9.17) is 0 Å².